The molecule has 6 heteroatoms. The van der Waals surface area contributed by atoms with Crippen molar-refractivity contribution in [1.29, 1.82) is 5.26 Å². The minimum atomic E-state index is -0.935. The van der Waals surface area contributed by atoms with Crippen molar-refractivity contribution in [3.8, 4) is 6.07 Å². The summed E-state index contributed by atoms with van der Waals surface area (Å²) < 4.78 is 9.85. The van der Waals surface area contributed by atoms with E-state index < -0.39 is 18.2 Å². The van der Waals surface area contributed by atoms with Crippen molar-refractivity contribution in [3.63, 3.8) is 0 Å². The molecule has 0 rings (SSSR count). The Kier molecular flexibility index (Phi) is 9.97. The number of carboxylic acids is 1. The van der Waals surface area contributed by atoms with Gasteiger partial charge in [0.15, 0.2) is 0 Å². The number of carboxylic acid groups (broad SMARTS) is 1. The first kappa shape index (κ1) is 19.2. The number of esters is 1. The van der Waals surface area contributed by atoms with Gasteiger partial charge in [0.1, 0.15) is 11.6 Å². The van der Waals surface area contributed by atoms with Gasteiger partial charge in [0.25, 0.3) is 0 Å². The summed E-state index contributed by atoms with van der Waals surface area (Å²) in [6.07, 6.45) is -0.684. The molecule has 106 valence electrons. The van der Waals surface area contributed by atoms with Gasteiger partial charge < -0.3 is 14.6 Å². The molecule has 1 atom stereocenters. The van der Waals surface area contributed by atoms with Gasteiger partial charge in [-0.1, -0.05) is 13.2 Å². The van der Waals surface area contributed by atoms with E-state index in [0.717, 1.165) is 0 Å². The van der Waals surface area contributed by atoms with E-state index in [2.05, 4.69) is 13.2 Å². The van der Waals surface area contributed by atoms with Crippen LogP contribution in [-0.4, -0.2) is 29.4 Å². The molecule has 0 saturated carbocycles. The molecule has 0 aromatic rings. The number of rotatable bonds is 5. The first-order valence-electron chi connectivity index (χ1n) is 5.46. The van der Waals surface area contributed by atoms with Gasteiger partial charge in [-0.15, -0.1) is 0 Å². The maximum Gasteiger partial charge on any atom is 0.350 e. The van der Waals surface area contributed by atoms with Crippen LogP contribution in [0.5, 0.6) is 0 Å². The minimum Gasteiger partial charge on any atom is -0.478 e. The number of hydrogen-bond donors (Lipinski definition) is 1. The van der Waals surface area contributed by atoms with Gasteiger partial charge in [-0.2, -0.15) is 5.26 Å². The molecule has 0 amide bonds. The maximum atomic E-state index is 10.9. The van der Waals surface area contributed by atoms with E-state index in [1.807, 2.05) is 13.8 Å². The molecule has 1 unspecified atom stereocenters. The molecule has 0 aliphatic heterocycles. The maximum absolute atomic E-state index is 10.9. The standard InChI is InChI=1S/C9H13NO3.C4H6O2/c1-6(2)12-8(4)13-9(11)7(3)5-10;1-3(2)4(5)6/h6,8H,3H2,1-2,4H3;1H2,2H3,(H,5,6). The van der Waals surface area contributed by atoms with Crippen LogP contribution in [0.4, 0.5) is 0 Å². The Balaban J connectivity index is 0. The molecule has 0 heterocycles. The Bertz CT molecular complexity index is 380. The van der Waals surface area contributed by atoms with Gasteiger partial charge in [0.2, 0.25) is 6.29 Å². The summed E-state index contributed by atoms with van der Waals surface area (Å²) in [4.78, 5) is 20.5. The van der Waals surface area contributed by atoms with E-state index in [0.29, 0.717) is 0 Å². The Labute approximate surface area is 112 Å². The highest BCUT2D eigenvalue weighted by atomic mass is 16.7. The molecule has 0 aromatic heterocycles. The number of aliphatic carboxylic acids is 1. The third-order valence-corrected chi connectivity index (χ3v) is 1.48. The Morgan fingerprint density at radius 1 is 1.26 bits per heavy atom. The number of nitrogens with zero attached hydrogens (tertiary/aromatic N) is 1. The van der Waals surface area contributed by atoms with E-state index >= 15 is 0 Å². The van der Waals surface area contributed by atoms with E-state index in [4.69, 9.17) is 19.8 Å². The summed E-state index contributed by atoms with van der Waals surface area (Å²) in [5.74, 6) is -1.68. The molecular formula is C13H19NO5. The van der Waals surface area contributed by atoms with Crippen LogP contribution >= 0.6 is 0 Å². The zero-order chi connectivity index (χ0) is 15.6. The van der Waals surface area contributed by atoms with Crippen LogP contribution in [-0.2, 0) is 19.1 Å². The summed E-state index contributed by atoms with van der Waals surface area (Å²) in [7, 11) is 0. The SMILES string of the molecule is C=C(C#N)C(=O)OC(C)OC(C)C.C=C(C)C(=O)O. The van der Waals surface area contributed by atoms with Gasteiger partial charge in [0.05, 0.1) is 6.10 Å². The lowest BCUT2D eigenvalue weighted by atomic mass is 10.3. The normalized spacial score (nSPS) is 10.5. The average molecular weight is 269 g/mol. The molecule has 0 aromatic carbocycles. The zero-order valence-corrected chi connectivity index (χ0v) is 11.6. The lowest BCUT2D eigenvalue weighted by Crippen LogP contribution is -2.21. The van der Waals surface area contributed by atoms with Crippen molar-refractivity contribution in [3.05, 3.63) is 24.3 Å². The van der Waals surface area contributed by atoms with E-state index in [-0.39, 0.29) is 17.3 Å². The number of carbonyl (C=O) groups is 2. The number of carbonyl (C=O) groups excluding carboxylic acids is 1. The van der Waals surface area contributed by atoms with Gasteiger partial charge in [-0.25, -0.2) is 9.59 Å². The summed E-state index contributed by atoms with van der Waals surface area (Å²) in [5.41, 5.74) is -0.0470. The monoisotopic (exact) mass is 269 g/mol. The third-order valence-electron chi connectivity index (χ3n) is 1.48. The first-order valence-corrected chi connectivity index (χ1v) is 5.46. The second kappa shape index (κ2) is 9.85. The largest absolute Gasteiger partial charge is 0.478 e. The van der Waals surface area contributed by atoms with Gasteiger partial charge >= 0.3 is 11.9 Å². The highest BCUT2D eigenvalue weighted by Gasteiger charge is 2.13. The molecule has 0 bridgehead atoms. The van der Waals surface area contributed by atoms with E-state index in [1.165, 1.54) is 6.92 Å². The molecule has 0 saturated heterocycles. The second-order valence-electron chi connectivity index (χ2n) is 3.83. The van der Waals surface area contributed by atoms with E-state index in [9.17, 15) is 9.59 Å². The van der Waals surface area contributed by atoms with Crippen molar-refractivity contribution in [2.75, 3.05) is 0 Å². The topological polar surface area (TPSA) is 96.6 Å². The van der Waals surface area contributed by atoms with Crippen molar-refractivity contribution in [2.24, 2.45) is 0 Å². The predicted molar refractivity (Wildman–Crippen MR) is 69.0 cm³/mol. The molecule has 19 heavy (non-hydrogen) atoms. The van der Waals surface area contributed by atoms with Crippen LogP contribution in [0.2, 0.25) is 0 Å². The molecule has 1 N–H and O–H groups in total. The molecule has 6 nitrogen and oxygen atoms in total. The van der Waals surface area contributed by atoms with Crippen LogP contribution in [0.25, 0.3) is 0 Å². The number of nitriles is 1. The molecule has 0 radical (unpaired) electrons. The zero-order valence-electron chi connectivity index (χ0n) is 11.6. The van der Waals surface area contributed by atoms with Gasteiger partial charge in [-0.05, 0) is 27.7 Å². The number of hydrogen-bond acceptors (Lipinski definition) is 5. The molecular weight excluding hydrogens is 250 g/mol. The Morgan fingerprint density at radius 2 is 1.68 bits per heavy atom. The second-order valence-corrected chi connectivity index (χ2v) is 3.83. The van der Waals surface area contributed by atoms with Crippen LogP contribution < -0.4 is 0 Å². The fourth-order valence-corrected chi connectivity index (χ4v) is 0.679. The van der Waals surface area contributed by atoms with Crippen LogP contribution in [0.15, 0.2) is 24.3 Å². The van der Waals surface area contributed by atoms with E-state index in [1.54, 1.807) is 13.0 Å². The van der Waals surface area contributed by atoms with Crippen molar-refractivity contribution in [1.82, 2.24) is 0 Å². The fourth-order valence-electron chi connectivity index (χ4n) is 0.679. The van der Waals surface area contributed by atoms with Crippen molar-refractivity contribution in [2.45, 2.75) is 40.1 Å². The van der Waals surface area contributed by atoms with Crippen LogP contribution in [0, 0.1) is 11.3 Å². The highest BCUT2D eigenvalue weighted by molar-refractivity contribution is 5.91. The van der Waals surface area contributed by atoms with Crippen LogP contribution in [0.1, 0.15) is 27.7 Å². The van der Waals surface area contributed by atoms with Gasteiger partial charge in [0, 0.05) is 5.57 Å². The number of ether oxygens (including phenoxy) is 2. The summed E-state index contributed by atoms with van der Waals surface area (Å²) in [5, 5.41) is 16.2. The lowest BCUT2D eigenvalue weighted by Gasteiger charge is -2.15. The minimum absolute atomic E-state index is 0.0295. The Morgan fingerprint density at radius 3 is 1.95 bits per heavy atom. The smallest absolute Gasteiger partial charge is 0.350 e. The molecule has 0 spiro atoms. The van der Waals surface area contributed by atoms with Crippen molar-refractivity contribution >= 4 is 11.9 Å². The third kappa shape index (κ3) is 12.1. The first-order chi connectivity index (χ1) is 8.61. The molecule has 0 aliphatic carbocycles. The average Bonchev–Trinajstić information content (AvgIpc) is 2.27. The highest BCUT2D eigenvalue weighted by Crippen LogP contribution is 2.02. The predicted octanol–water partition coefficient (Wildman–Crippen LogP) is 2.03. The summed E-state index contributed by atoms with van der Waals surface area (Å²) in [6.45, 7) is 13.0. The summed E-state index contributed by atoms with van der Waals surface area (Å²) in [6, 6.07) is 1.60. The summed E-state index contributed by atoms with van der Waals surface area (Å²) >= 11 is 0. The molecule has 0 aliphatic rings. The van der Waals surface area contributed by atoms with Crippen LogP contribution in [0.3, 0.4) is 0 Å². The Hall–Kier alpha value is -2.13. The molecule has 0 fully saturated rings. The lowest BCUT2D eigenvalue weighted by molar-refractivity contribution is -0.176. The quantitative estimate of drug-likeness (QED) is 0.355. The van der Waals surface area contributed by atoms with Crippen molar-refractivity contribution < 1.29 is 24.2 Å². The fraction of sp³-hybridized carbons (Fsp3) is 0.462. The van der Waals surface area contributed by atoms with Gasteiger partial charge in [-0.3, -0.25) is 0 Å².